The Labute approximate surface area is 98.0 Å². The van der Waals surface area contributed by atoms with Crippen LogP contribution in [0.2, 0.25) is 0 Å². The molecule has 0 spiro atoms. The van der Waals surface area contributed by atoms with E-state index in [1.807, 2.05) is 19.1 Å². The van der Waals surface area contributed by atoms with Crippen LogP contribution in [0.4, 0.5) is 0 Å². The summed E-state index contributed by atoms with van der Waals surface area (Å²) in [6.45, 7) is 4.53. The van der Waals surface area contributed by atoms with Gasteiger partial charge in [-0.2, -0.15) is 0 Å². The van der Waals surface area contributed by atoms with Gasteiger partial charge in [0.05, 0.1) is 6.61 Å². The van der Waals surface area contributed by atoms with Crippen molar-refractivity contribution in [2.24, 2.45) is 0 Å². The van der Waals surface area contributed by atoms with Gasteiger partial charge in [0.1, 0.15) is 5.75 Å². The minimum Gasteiger partial charge on any atom is -0.494 e. The van der Waals surface area contributed by atoms with Crippen LogP contribution < -0.4 is 10.1 Å². The van der Waals surface area contributed by atoms with E-state index in [2.05, 4.69) is 23.4 Å². The molecule has 0 aliphatic rings. The molecule has 0 unspecified atom stereocenters. The first-order chi connectivity index (χ1) is 7.86. The number of ether oxygens (including phenoxy) is 1. The van der Waals surface area contributed by atoms with Crippen LogP contribution in [0.3, 0.4) is 0 Å². The van der Waals surface area contributed by atoms with Gasteiger partial charge in [-0.3, -0.25) is 0 Å². The molecule has 1 aromatic rings. The summed E-state index contributed by atoms with van der Waals surface area (Å²) in [5, 5.41) is 3.35. The maximum atomic E-state index is 5.44. The quantitative estimate of drug-likeness (QED) is 0.560. The van der Waals surface area contributed by atoms with Crippen LogP contribution in [-0.4, -0.2) is 13.2 Å². The predicted octanol–water partition coefficient (Wildman–Crippen LogP) is 2.59. The van der Waals surface area contributed by atoms with Gasteiger partial charge in [-0.15, -0.1) is 12.3 Å². The number of nitrogens with one attached hydrogen (secondary N) is 1. The van der Waals surface area contributed by atoms with E-state index in [4.69, 9.17) is 11.2 Å². The van der Waals surface area contributed by atoms with E-state index in [1.165, 1.54) is 5.56 Å². The van der Waals surface area contributed by atoms with E-state index >= 15 is 0 Å². The highest BCUT2D eigenvalue weighted by atomic mass is 16.5. The Morgan fingerprint density at radius 2 is 2.31 bits per heavy atom. The highest BCUT2D eigenvalue weighted by Crippen LogP contribution is 2.12. The fraction of sp³-hybridized carbons (Fsp3) is 0.429. The molecule has 2 heteroatoms. The molecule has 0 bridgehead atoms. The number of rotatable bonds is 7. The van der Waals surface area contributed by atoms with Crippen molar-refractivity contribution in [3.8, 4) is 18.1 Å². The first-order valence-corrected chi connectivity index (χ1v) is 5.72. The van der Waals surface area contributed by atoms with Gasteiger partial charge in [0, 0.05) is 13.0 Å². The number of hydrogen-bond acceptors (Lipinski definition) is 2. The molecule has 1 aromatic carbocycles. The molecule has 1 N–H and O–H groups in total. The Kier molecular flexibility index (Phi) is 6.13. The molecule has 0 aromatic heterocycles. The van der Waals surface area contributed by atoms with Crippen molar-refractivity contribution in [1.29, 1.82) is 0 Å². The maximum absolute atomic E-state index is 5.44. The SMILES string of the molecule is C#CCCCNCc1cccc(OCC)c1. The third-order valence-electron chi connectivity index (χ3n) is 2.21. The van der Waals surface area contributed by atoms with Gasteiger partial charge in [0.2, 0.25) is 0 Å². The number of terminal acetylenes is 1. The van der Waals surface area contributed by atoms with Crippen LogP contribution in [0, 0.1) is 12.3 Å². The van der Waals surface area contributed by atoms with Gasteiger partial charge >= 0.3 is 0 Å². The summed E-state index contributed by atoms with van der Waals surface area (Å²) in [5.41, 5.74) is 1.24. The molecule has 86 valence electrons. The normalized spacial score (nSPS) is 9.75. The highest BCUT2D eigenvalue weighted by Gasteiger charge is 1.95. The molecule has 0 fully saturated rings. The molecule has 0 aliphatic heterocycles. The summed E-state index contributed by atoms with van der Waals surface area (Å²) >= 11 is 0. The summed E-state index contributed by atoms with van der Waals surface area (Å²) in [4.78, 5) is 0. The molecule has 0 radical (unpaired) electrons. The third kappa shape index (κ3) is 4.86. The number of benzene rings is 1. The lowest BCUT2D eigenvalue weighted by atomic mass is 10.2. The maximum Gasteiger partial charge on any atom is 0.119 e. The molecular weight excluding hydrogens is 198 g/mol. The average molecular weight is 217 g/mol. The first-order valence-electron chi connectivity index (χ1n) is 5.72. The minimum atomic E-state index is 0.707. The Balaban J connectivity index is 2.30. The highest BCUT2D eigenvalue weighted by molar-refractivity contribution is 5.28. The van der Waals surface area contributed by atoms with E-state index in [9.17, 15) is 0 Å². The second-order valence-corrected chi connectivity index (χ2v) is 3.56. The van der Waals surface area contributed by atoms with Crippen molar-refractivity contribution in [2.75, 3.05) is 13.2 Å². The van der Waals surface area contributed by atoms with Crippen molar-refractivity contribution in [1.82, 2.24) is 5.32 Å². The molecule has 0 saturated carbocycles. The molecular formula is C14H19NO. The Hall–Kier alpha value is -1.46. The second kappa shape index (κ2) is 7.78. The first kappa shape index (κ1) is 12.6. The van der Waals surface area contributed by atoms with Crippen molar-refractivity contribution >= 4 is 0 Å². The molecule has 1 rings (SSSR count). The molecule has 2 nitrogen and oxygen atoms in total. The van der Waals surface area contributed by atoms with Crippen molar-refractivity contribution in [3.63, 3.8) is 0 Å². The molecule has 0 saturated heterocycles. The topological polar surface area (TPSA) is 21.3 Å². The van der Waals surface area contributed by atoms with Crippen LogP contribution >= 0.6 is 0 Å². The monoisotopic (exact) mass is 217 g/mol. The van der Waals surface area contributed by atoms with Crippen molar-refractivity contribution in [3.05, 3.63) is 29.8 Å². The summed E-state index contributed by atoms with van der Waals surface area (Å²) in [7, 11) is 0. The van der Waals surface area contributed by atoms with E-state index in [0.29, 0.717) is 6.61 Å². The molecule has 0 heterocycles. The third-order valence-corrected chi connectivity index (χ3v) is 2.21. The second-order valence-electron chi connectivity index (χ2n) is 3.56. The Bertz CT molecular complexity index is 341. The lowest BCUT2D eigenvalue weighted by Crippen LogP contribution is -2.14. The Morgan fingerprint density at radius 1 is 1.44 bits per heavy atom. The van der Waals surface area contributed by atoms with Crippen LogP contribution in [-0.2, 0) is 6.54 Å². The fourth-order valence-corrected chi connectivity index (χ4v) is 1.46. The van der Waals surface area contributed by atoms with Gasteiger partial charge in [0.15, 0.2) is 0 Å². The van der Waals surface area contributed by atoms with Crippen molar-refractivity contribution in [2.45, 2.75) is 26.3 Å². The van der Waals surface area contributed by atoms with Gasteiger partial charge in [-0.25, -0.2) is 0 Å². The summed E-state index contributed by atoms with van der Waals surface area (Å²) in [5.74, 6) is 3.57. The molecule has 0 amide bonds. The zero-order valence-corrected chi connectivity index (χ0v) is 9.83. The van der Waals surface area contributed by atoms with Crippen LogP contribution in [0.15, 0.2) is 24.3 Å². The summed E-state index contributed by atoms with van der Waals surface area (Å²) in [6.07, 6.45) is 7.05. The standard InChI is InChI=1S/C14H19NO/c1-3-5-6-10-15-12-13-8-7-9-14(11-13)16-4-2/h1,7-9,11,15H,4-6,10,12H2,2H3. The summed E-state index contributed by atoms with van der Waals surface area (Å²) in [6, 6.07) is 8.16. The fourth-order valence-electron chi connectivity index (χ4n) is 1.46. The number of hydrogen-bond donors (Lipinski definition) is 1. The van der Waals surface area contributed by atoms with E-state index < -0.39 is 0 Å². The van der Waals surface area contributed by atoms with Crippen LogP contribution in [0.25, 0.3) is 0 Å². The van der Waals surface area contributed by atoms with Crippen LogP contribution in [0.1, 0.15) is 25.3 Å². The van der Waals surface area contributed by atoms with Crippen molar-refractivity contribution < 1.29 is 4.74 Å². The smallest absolute Gasteiger partial charge is 0.119 e. The van der Waals surface area contributed by atoms with Crippen LogP contribution in [0.5, 0.6) is 5.75 Å². The average Bonchev–Trinajstić information content (AvgIpc) is 2.30. The molecule has 16 heavy (non-hydrogen) atoms. The van der Waals surface area contributed by atoms with E-state index in [1.54, 1.807) is 0 Å². The zero-order valence-electron chi connectivity index (χ0n) is 9.83. The predicted molar refractivity (Wildman–Crippen MR) is 67.4 cm³/mol. The largest absolute Gasteiger partial charge is 0.494 e. The lowest BCUT2D eigenvalue weighted by molar-refractivity contribution is 0.340. The van der Waals surface area contributed by atoms with E-state index in [-0.39, 0.29) is 0 Å². The minimum absolute atomic E-state index is 0.707. The zero-order chi connectivity index (χ0) is 11.6. The van der Waals surface area contributed by atoms with Gasteiger partial charge < -0.3 is 10.1 Å². The van der Waals surface area contributed by atoms with E-state index in [0.717, 1.165) is 31.7 Å². The Morgan fingerprint density at radius 3 is 3.06 bits per heavy atom. The molecule has 0 aliphatic carbocycles. The van der Waals surface area contributed by atoms with Gasteiger partial charge in [-0.05, 0) is 37.6 Å². The number of unbranched alkanes of at least 4 members (excludes halogenated alkanes) is 1. The van der Waals surface area contributed by atoms with Gasteiger partial charge in [0.25, 0.3) is 0 Å². The molecule has 0 atom stereocenters. The van der Waals surface area contributed by atoms with Gasteiger partial charge in [-0.1, -0.05) is 12.1 Å². The lowest BCUT2D eigenvalue weighted by Gasteiger charge is -2.07. The summed E-state index contributed by atoms with van der Waals surface area (Å²) < 4.78 is 5.44.